The third-order valence-electron chi connectivity index (χ3n) is 1.93. The number of amides is 1. The van der Waals surface area contributed by atoms with Gasteiger partial charge < -0.3 is 15.4 Å². The van der Waals surface area contributed by atoms with E-state index in [-0.39, 0.29) is 12.5 Å². The lowest BCUT2D eigenvalue weighted by Gasteiger charge is -2.15. The van der Waals surface area contributed by atoms with Crippen LogP contribution in [-0.4, -0.2) is 37.6 Å². The van der Waals surface area contributed by atoms with Gasteiger partial charge in [0.15, 0.2) is 0 Å². The van der Waals surface area contributed by atoms with Crippen LogP contribution < -0.4 is 5.73 Å². The summed E-state index contributed by atoms with van der Waals surface area (Å²) in [6.07, 6.45) is 0. The first-order valence-electron chi connectivity index (χ1n) is 4.88. The summed E-state index contributed by atoms with van der Waals surface area (Å²) in [5, 5.41) is 2.00. The van der Waals surface area contributed by atoms with Crippen LogP contribution >= 0.6 is 27.3 Å². The zero-order chi connectivity index (χ0) is 12.0. The summed E-state index contributed by atoms with van der Waals surface area (Å²) in [5.74, 6) is -0.0297. The van der Waals surface area contributed by atoms with Crippen LogP contribution in [0, 0.1) is 0 Å². The zero-order valence-corrected chi connectivity index (χ0v) is 11.5. The van der Waals surface area contributed by atoms with Crippen molar-refractivity contribution < 1.29 is 9.53 Å². The highest BCUT2D eigenvalue weighted by Gasteiger charge is 2.10. The molecule has 90 valence electrons. The molecule has 6 heteroatoms. The number of likely N-dealkylation sites (N-methyl/N-ethyl adjacent to an activating group) is 1. The van der Waals surface area contributed by atoms with Crippen LogP contribution in [0.4, 0.5) is 0 Å². The third kappa shape index (κ3) is 4.61. The van der Waals surface area contributed by atoms with Gasteiger partial charge in [-0.15, -0.1) is 11.3 Å². The van der Waals surface area contributed by atoms with Crippen LogP contribution in [0.5, 0.6) is 0 Å². The van der Waals surface area contributed by atoms with Gasteiger partial charge in [0.25, 0.3) is 0 Å². The lowest BCUT2D eigenvalue weighted by Crippen LogP contribution is -2.30. The second-order valence-electron chi connectivity index (χ2n) is 3.32. The topological polar surface area (TPSA) is 55.6 Å². The quantitative estimate of drug-likeness (QED) is 0.809. The van der Waals surface area contributed by atoms with E-state index in [4.69, 9.17) is 10.5 Å². The van der Waals surface area contributed by atoms with E-state index in [9.17, 15) is 4.79 Å². The first-order valence-corrected chi connectivity index (χ1v) is 6.55. The Bertz CT molecular complexity index is 343. The molecule has 1 heterocycles. The van der Waals surface area contributed by atoms with Gasteiger partial charge in [-0.25, -0.2) is 0 Å². The van der Waals surface area contributed by atoms with Gasteiger partial charge in [0.1, 0.15) is 6.61 Å². The Labute approximate surface area is 108 Å². The maximum absolute atomic E-state index is 11.6. The number of ether oxygens (including phenoxy) is 1. The first-order chi connectivity index (χ1) is 7.63. The second kappa shape index (κ2) is 7.01. The Morgan fingerprint density at radius 3 is 3.00 bits per heavy atom. The Hall–Kier alpha value is -0.430. The molecule has 0 bridgehead atoms. The average molecular weight is 307 g/mol. The van der Waals surface area contributed by atoms with Gasteiger partial charge in [-0.3, -0.25) is 4.79 Å². The summed E-state index contributed by atoms with van der Waals surface area (Å²) in [7, 11) is 1.77. The fourth-order valence-corrected chi connectivity index (χ4v) is 2.62. The van der Waals surface area contributed by atoms with Crippen molar-refractivity contribution in [1.82, 2.24) is 4.90 Å². The molecule has 1 aromatic rings. The van der Waals surface area contributed by atoms with Crippen LogP contribution in [0.1, 0.15) is 4.88 Å². The zero-order valence-electron chi connectivity index (χ0n) is 9.11. The Kier molecular flexibility index (Phi) is 5.97. The fraction of sp³-hybridized carbons (Fsp3) is 0.500. The van der Waals surface area contributed by atoms with Gasteiger partial charge in [0.2, 0.25) is 5.91 Å². The minimum Gasteiger partial charge on any atom is -0.370 e. The molecule has 0 aliphatic rings. The summed E-state index contributed by atoms with van der Waals surface area (Å²) in [4.78, 5) is 14.4. The summed E-state index contributed by atoms with van der Waals surface area (Å²) >= 11 is 5.00. The molecule has 1 aromatic heterocycles. The predicted octanol–water partition coefficient (Wildman–Crippen LogP) is 1.44. The molecule has 0 spiro atoms. The highest BCUT2D eigenvalue weighted by molar-refractivity contribution is 9.10. The molecular formula is C10H15BrN2O2S. The Morgan fingerprint density at radius 1 is 1.69 bits per heavy atom. The SMILES string of the molecule is CN(Cc1cc(Br)cs1)C(=O)COCCN. The number of hydrogen-bond acceptors (Lipinski definition) is 4. The molecule has 0 aliphatic heterocycles. The summed E-state index contributed by atoms with van der Waals surface area (Å²) < 4.78 is 6.14. The van der Waals surface area contributed by atoms with E-state index in [1.165, 1.54) is 0 Å². The number of carbonyl (C=O) groups is 1. The van der Waals surface area contributed by atoms with Crippen molar-refractivity contribution in [2.75, 3.05) is 26.8 Å². The number of hydrogen-bond donors (Lipinski definition) is 1. The number of nitrogens with two attached hydrogens (primary N) is 1. The van der Waals surface area contributed by atoms with Crippen LogP contribution in [0.15, 0.2) is 15.9 Å². The number of nitrogens with zero attached hydrogens (tertiary/aromatic N) is 1. The van der Waals surface area contributed by atoms with E-state index >= 15 is 0 Å². The van der Waals surface area contributed by atoms with Crippen molar-refractivity contribution in [3.8, 4) is 0 Å². The molecule has 0 unspecified atom stereocenters. The molecule has 1 rings (SSSR count). The van der Waals surface area contributed by atoms with E-state index in [1.54, 1.807) is 23.3 Å². The third-order valence-corrected chi connectivity index (χ3v) is 3.61. The van der Waals surface area contributed by atoms with E-state index in [0.717, 1.165) is 9.35 Å². The molecular weight excluding hydrogens is 292 g/mol. The molecule has 0 fully saturated rings. The summed E-state index contributed by atoms with van der Waals surface area (Å²) in [5.41, 5.74) is 5.26. The predicted molar refractivity (Wildman–Crippen MR) is 68.4 cm³/mol. The minimum atomic E-state index is -0.0297. The van der Waals surface area contributed by atoms with Crippen LogP contribution in [0.2, 0.25) is 0 Å². The van der Waals surface area contributed by atoms with Crippen molar-refractivity contribution in [3.63, 3.8) is 0 Å². The van der Waals surface area contributed by atoms with Gasteiger partial charge in [0, 0.05) is 28.3 Å². The molecule has 0 radical (unpaired) electrons. The number of rotatable bonds is 6. The molecule has 0 saturated heterocycles. The van der Waals surface area contributed by atoms with Crippen LogP contribution in [-0.2, 0) is 16.1 Å². The number of carbonyl (C=O) groups excluding carboxylic acids is 1. The highest BCUT2D eigenvalue weighted by atomic mass is 79.9. The highest BCUT2D eigenvalue weighted by Crippen LogP contribution is 2.20. The average Bonchev–Trinajstić information content (AvgIpc) is 2.64. The van der Waals surface area contributed by atoms with Gasteiger partial charge in [0.05, 0.1) is 13.2 Å². The minimum absolute atomic E-state index is 0.0297. The molecule has 16 heavy (non-hydrogen) atoms. The molecule has 2 N–H and O–H groups in total. The van der Waals surface area contributed by atoms with Crippen LogP contribution in [0.25, 0.3) is 0 Å². The van der Waals surface area contributed by atoms with E-state index in [1.807, 2.05) is 11.4 Å². The van der Waals surface area contributed by atoms with Gasteiger partial charge >= 0.3 is 0 Å². The monoisotopic (exact) mass is 306 g/mol. The van der Waals surface area contributed by atoms with E-state index < -0.39 is 0 Å². The summed E-state index contributed by atoms with van der Waals surface area (Å²) in [6, 6.07) is 2.01. The second-order valence-corrected chi connectivity index (χ2v) is 5.23. The number of halogens is 1. The molecule has 0 saturated carbocycles. The van der Waals surface area contributed by atoms with Crippen molar-refractivity contribution in [1.29, 1.82) is 0 Å². The fourth-order valence-electron chi connectivity index (χ4n) is 1.11. The smallest absolute Gasteiger partial charge is 0.248 e. The van der Waals surface area contributed by atoms with Gasteiger partial charge in [-0.1, -0.05) is 0 Å². The van der Waals surface area contributed by atoms with Crippen molar-refractivity contribution in [2.24, 2.45) is 5.73 Å². The van der Waals surface area contributed by atoms with Crippen molar-refractivity contribution >= 4 is 33.2 Å². The maximum Gasteiger partial charge on any atom is 0.248 e. The van der Waals surface area contributed by atoms with Gasteiger partial charge in [-0.2, -0.15) is 0 Å². The normalized spacial score (nSPS) is 10.4. The Balaban J connectivity index is 2.34. The molecule has 0 aliphatic carbocycles. The Morgan fingerprint density at radius 2 is 2.44 bits per heavy atom. The van der Waals surface area contributed by atoms with Crippen molar-refractivity contribution in [2.45, 2.75) is 6.54 Å². The molecule has 1 amide bonds. The standard InChI is InChI=1S/C10H15BrN2O2S/c1-13(10(14)6-15-3-2-12)5-9-4-8(11)7-16-9/h4,7H,2-3,5-6,12H2,1H3. The largest absolute Gasteiger partial charge is 0.370 e. The molecule has 4 nitrogen and oxygen atoms in total. The molecule has 0 aromatic carbocycles. The van der Waals surface area contributed by atoms with E-state index in [2.05, 4.69) is 15.9 Å². The van der Waals surface area contributed by atoms with Crippen molar-refractivity contribution in [3.05, 3.63) is 20.8 Å². The maximum atomic E-state index is 11.6. The molecule has 0 atom stereocenters. The lowest BCUT2D eigenvalue weighted by atomic mass is 10.4. The first kappa shape index (κ1) is 13.6. The van der Waals surface area contributed by atoms with Gasteiger partial charge in [-0.05, 0) is 22.0 Å². The van der Waals surface area contributed by atoms with E-state index in [0.29, 0.717) is 19.7 Å². The van der Waals surface area contributed by atoms with Crippen LogP contribution in [0.3, 0.4) is 0 Å². The number of thiophene rings is 1. The lowest BCUT2D eigenvalue weighted by molar-refractivity contribution is -0.135. The summed E-state index contributed by atoms with van der Waals surface area (Å²) in [6.45, 7) is 1.57.